The summed E-state index contributed by atoms with van der Waals surface area (Å²) >= 11 is 1.52. The number of pyridine rings is 1. The van der Waals surface area contributed by atoms with Gasteiger partial charge in [0.05, 0.1) is 5.03 Å². The summed E-state index contributed by atoms with van der Waals surface area (Å²) in [5.41, 5.74) is 0.620. The van der Waals surface area contributed by atoms with Gasteiger partial charge in [-0.15, -0.1) is 11.8 Å². The molecule has 0 saturated heterocycles. The maximum atomic E-state index is 12.2. The molecule has 0 radical (unpaired) electrons. The quantitative estimate of drug-likeness (QED) is 0.724. The number of aromatic nitrogens is 1. The highest BCUT2D eigenvalue weighted by atomic mass is 32.2. The van der Waals surface area contributed by atoms with Gasteiger partial charge < -0.3 is 10.4 Å². The molecule has 1 rings (SSSR count). The van der Waals surface area contributed by atoms with E-state index in [1.165, 1.54) is 11.8 Å². The second-order valence-corrected chi connectivity index (χ2v) is 5.78. The largest absolute Gasteiger partial charge is 0.396 e. The molecule has 1 aromatic rings. The molecule has 4 nitrogen and oxygen atoms in total. The van der Waals surface area contributed by atoms with E-state index in [-0.39, 0.29) is 17.9 Å². The number of hydrogen-bond acceptors (Lipinski definition) is 4. The Morgan fingerprint density at radius 3 is 2.70 bits per heavy atom. The molecule has 0 aliphatic rings. The molecule has 0 unspecified atom stereocenters. The zero-order valence-electron chi connectivity index (χ0n) is 12.5. The van der Waals surface area contributed by atoms with Crippen molar-refractivity contribution >= 4 is 17.7 Å². The Bertz CT molecular complexity index is 434. The monoisotopic (exact) mass is 296 g/mol. The van der Waals surface area contributed by atoms with E-state index in [9.17, 15) is 9.90 Å². The number of rotatable bonds is 8. The van der Waals surface area contributed by atoms with Crippen LogP contribution >= 0.6 is 11.8 Å². The standard InChI is InChI=1S/C15H24N2O2S/c1-4-15(5-2,7-9-18)11-17-14(19)12-6-8-16-13(10-12)20-3/h6,8,10,18H,4-5,7,9,11H2,1-3H3,(H,17,19). The van der Waals surface area contributed by atoms with Crippen molar-refractivity contribution in [1.29, 1.82) is 0 Å². The Balaban J connectivity index is 2.69. The molecule has 0 saturated carbocycles. The van der Waals surface area contributed by atoms with E-state index in [1.54, 1.807) is 18.3 Å². The predicted molar refractivity (Wildman–Crippen MR) is 83.1 cm³/mol. The van der Waals surface area contributed by atoms with Gasteiger partial charge in [-0.1, -0.05) is 13.8 Å². The number of amides is 1. The van der Waals surface area contributed by atoms with Crippen LogP contribution in [0.25, 0.3) is 0 Å². The van der Waals surface area contributed by atoms with Gasteiger partial charge in [-0.05, 0) is 43.1 Å². The normalized spacial score (nSPS) is 11.4. The smallest absolute Gasteiger partial charge is 0.251 e. The van der Waals surface area contributed by atoms with E-state index in [0.717, 1.165) is 17.9 Å². The molecule has 0 aliphatic carbocycles. The number of thioether (sulfide) groups is 1. The summed E-state index contributed by atoms with van der Waals surface area (Å²) in [6.07, 6.45) is 6.19. The maximum absolute atomic E-state index is 12.2. The van der Waals surface area contributed by atoms with Crippen LogP contribution in [0.5, 0.6) is 0 Å². The topological polar surface area (TPSA) is 62.2 Å². The second-order valence-electron chi connectivity index (χ2n) is 4.95. The van der Waals surface area contributed by atoms with Gasteiger partial charge in [0.15, 0.2) is 0 Å². The molecule has 0 bridgehead atoms. The first-order valence-corrected chi connectivity index (χ1v) is 8.22. The summed E-state index contributed by atoms with van der Waals surface area (Å²) < 4.78 is 0. The minimum Gasteiger partial charge on any atom is -0.396 e. The second kappa shape index (κ2) is 8.27. The molecule has 0 spiro atoms. The fourth-order valence-electron chi connectivity index (χ4n) is 2.21. The molecule has 0 aromatic carbocycles. The lowest BCUT2D eigenvalue weighted by atomic mass is 9.79. The Labute approximate surface area is 125 Å². The first-order valence-electron chi connectivity index (χ1n) is 7.00. The third-order valence-electron chi connectivity index (χ3n) is 3.97. The van der Waals surface area contributed by atoms with E-state index in [4.69, 9.17) is 0 Å². The van der Waals surface area contributed by atoms with Gasteiger partial charge >= 0.3 is 0 Å². The number of hydrogen-bond donors (Lipinski definition) is 2. The van der Waals surface area contributed by atoms with Gasteiger partial charge in [-0.25, -0.2) is 4.98 Å². The molecule has 0 aliphatic heterocycles. The van der Waals surface area contributed by atoms with Crippen molar-refractivity contribution < 1.29 is 9.90 Å². The van der Waals surface area contributed by atoms with Crippen LogP contribution in [-0.2, 0) is 0 Å². The van der Waals surface area contributed by atoms with Crippen molar-refractivity contribution in [1.82, 2.24) is 10.3 Å². The molecule has 1 heterocycles. The molecule has 20 heavy (non-hydrogen) atoms. The summed E-state index contributed by atoms with van der Waals surface area (Å²) in [5, 5.41) is 13.0. The molecular weight excluding hydrogens is 272 g/mol. The van der Waals surface area contributed by atoms with E-state index >= 15 is 0 Å². The third kappa shape index (κ3) is 4.49. The first-order chi connectivity index (χ1) is 9.60. The minimum atomic E-state index is -0.0769. The third-order valence-corrected chi connectivity index (χ3v) is 4.61. The van der Waals surface area contributed by atoms with Crippen molar-refractivity contribution in [2.75, 3.05) is 19.4 Å². The summed E-state index contributed by atoms with van der Waals surface area (Å²) in [7, 11) is 0. The van der Waals surface area contributed by atoms with Crippen LogP contribution in [0.15, 0.2) is 23.4 Å². The van der Waals surface area contributed by atoms with Crippen molar-refractivity contribution in [2.45, 2.75) is 38.1 Å². The van der Waals surface area contributed by atoms with Gasteiger partial charge in [0, 0.05) is 24.9 Å². The summed E-state index contributed by atoms with van der Waals surface area (Å²) in [6, 6.07) is 3.52. The van der Waals surface area contributed by atoms with E-state index < -0.39 is 0 Å². The van der Waals surface area contributed by atoms with Crippen LogP contribution in [0.4, 0.5) is 0 Å². The lowest BCUT2D eigenvalue weighted by molar-refractivity contribution is 0.0907. The fraction of sp³-hybridized carbons (Fsp3) is 0.600. The molecule has 0 fully saturated rings. The predicted octanol–water partition coefficient (Wildman–Crippen LogP) is 2.72. The highest BCUT2D eigenvalue weighted by Crippen LogP contribution is 2.29. The molecule has 1 aromatic heterocycles. The minimum absolute atomic E-state index is 0.0141. The molecule has 112 valence electrons. The molecule has 2 N–H and O–H groups in total. The lowest BCUT2D eigenvalue weighted by Crippen LogP contribution is -2.37. The van der Waals surface area contributed by atoms with Gasteiger partial charge in [0.2, 0.25) is 0 Å². The Kier molecular flexibility index (Phi) is 7.02. The Hall–Kier alpha value is -1.07. The van der Waals surface area contributed by atoms with Crippen molar-refractivity contribution in [3.63, 3.8) is 0 Å². The SMILES string of the molecule is CCC(CC)(CCO)CNC(=O)c1ccnc(SC)c1. The lowest BCUT2D eigenvalue weighted by Gasteiger charge is -2.31. The zero-order valence-corrected chi connectivity index (χ0v) is 13.3. The van der Waals surface area contributed by atoms with Crippen LogP contribution in [0.3, 0.4) is 0 Å². The first kappa shape index (κ1) is 17.0. The van der Waals surface area contributed by atoms with E-state index in [0.29, 0.717) is 18.5 Å². The number of carbonyl (C=O) groups excluding carboxylic acids is 1. The molecule has 1 amide bonds. The number of nitrogens with zero attached hydrogens (tertiary/aromatic N) is 1. The maximum Gasteiger partial charge on any atom is 0.251 e. The molecular formula is C15H24N2O2S. The van der Waals surface area contributed by atoms with Crippen molar-refractivity contribution in [2.24, 2.45) is 5.41 Å². The van der Waals surface area contributed by atoms with Gasteiger partial charge in [0.1, 0.15) is 0 Å². The summed E-state index contributed by atoms with van der Waals surface area (Å²) in [5.74, 6) is -0.0769. The summed E-state index contributed by atoms with van der Waals surface area (Å²) in [6.45, 7) is 4.95. The van der Waals surface area contributed by atoms with Crippen LogP contribution in [0.2, 0.25) is 0 Å². The van der Waals surface area contributed by atoms with Crippen LogP contribution in [-0.4, -0.2) is 35.4 Å². The van der Waals surface area contributed by atoms with E-state index in [1.807, 2.05) is 6.26 Å². The fourth-order valence-corrected chi connectivity index (χ4v) is 2.62. The van der Waals surface area contributed by atoms with E-state index in [2.05, 4.69) is 24.1 Å². The highest BCUT2D eigenvalue weighted by Gasteiger charge is 2.26. The summed E-state index contributed by atoms with van der Waals surface area (Å²) in [4.78, 5) is 16.3. The number of aliphatic hydroxyl groups excluding tert-OH is 1. The van der Waals surface area contributed by atoms with Gasteiger partial charge in [-0.3, -0.25) is 4.79 Å². The van der Waals surface area contributed by atoms with Crippen molar-refractivity contribution in [3.8, 4) is 0 Å². The number of nitrogens with one attached hydrogen (secondary N) is 1. The van der Waals surface area contributed by atoms with Gasteiger partial charge in [-0.2, -0.15) is 0 Å². The average Bonchev–Trinajstić information content (AvgIpc) is 2.51. The zero-order chi connectivity index (χ0) is 15.0. The Morgan fingerprint density at radius 1 is 1.45 bits per heavy atom. The average molecular weight is 296 g/mol. The Morgan fingerprint density at radius 2 is 2.15 bits per heavy atom. The van der Waals surface area contributed by atoms with Gasteiger partial charge in [0.25, 0.3) is 5.91 Å². The van der Waals surface area contributed by atoms with Crippen LogP contribution < -0.4 is 5.32 Å². The van der Waals surface area contributed by atoms with Crippen molar-refractivity contribution in [3.05, 3.63) is 23.9 Å². The number of aliphatic hydroxyl groups is 1. The number of carbonyl (C=O) groups is 1. The highest BCUT2D eigenvalue weighted by molar-refractivity contribution is 7.98. The molecule has 0 atom stereocenters. The van der Waals surface area contributed by atoms with Crippen LogP contribution in [0.1, 0.15) is 43.5 Å². The molecule has 5 heteroatoms. The van der Waals surface area contributed by atoms with Crippen LogP contribution in [0, 0.1) is 5.41 Å².